The molecule has 0 saturated heterocycles. The van der Waals surface area contributed by atoms with Gasteiger partial charge in [-0.3, -0.25) is 4.98 Å². The summed E-state index contributed by atoms with van der Waals surface area (Å²) >= 11 is 0. The lowest BCUT2D eigenvalue weighted by Gasteiger charge is -2.13. The van der Waals surface area contributed by atoms with Crippen molar-refractivity contribution in [3.05, 3.63) is 30.1 Å². The lowest BCUT2D eigenvalue weighted by atomic mass is 10.2. The van der Waals surface area contributed by atoms with Crippen LogP contribution in [0.15, 0.2) is 24.4 Å². The molecule has 5 nitrogen and oxygen atoms in total. The van der Waals surface area contributed by atoms with Crippen molar-refractivity contribution in [2.24, 2.45) is 0 Å². The highest BCUT2D eigenvalue weighted by molar-refractivity contribution is 5.74. The van der Waals surface area contributed by atoms with Crippen molar-refractivity contribution in [2.45, 2.75) is 19.4 Å². The van der Waals surface area contributed by atoms with Gasteiger partial charge in [0.1, 0.15) is 0 Å². The molecule has 1 rings (SSSR count). The summed E-state index contributed by atoms with van der Waals surface area (Å²) in [5.41, 5.74) is 0.847. The maximum Gasteiger partial charge on any atom is 0.315 e. The summed E-state index contributed by atoms with van der Waals surface area (Å²) in [5, 5.41) is 5.58. The highest BCUT2D eigenvalue weighted by Gasteiger charge is 2.08. The number of pyridine rings is 1. The Kier molecular flexibility index (Phi) is 6.03. The minimum absolute atomic E-state index is 0.0985. The minimum Gasteiger partial charge on any atom is -0.385 e. The summed E-state index contributed by atoms with van der Waals surface area (Å²) < 4.78 is 4.89. The lowest BCUT2D eigenvalue weighted by molar-refractivity contribution is 0.193. The molecule has 5 heteroatoms. The third-order valence-corrected chi connectivity index (χ3v) is 2.29. The Morgan fingerprint density at radius 1 is 1.53 bits per heavy atom. The van der Waals surface area contributed by atoms with Crippen LogP contribution in [0.5, 0.6) is 0 Å². The van der Waals surface area contributed by atoms with Crippen molar-refractivity contribution in [3.63, 3.8) is 0 Å². The van der Waals surface area contributed by atoms with E-state index < -0.39 is 0 Å². The first-order chi connectivity index (χ1) is 8.24. The van der Waals surface area contributed by atoms with E-state index in [0.29, 0.717) is 13.2 Å². The van der Waals surface area contributed by atoms with Gasteiger partial charge in [0.15, 0.2) is 0 Å². The molecule has 0 aliphatic rings. The van der Waals surface area contributed by atoms with Crippen molar-refractivity contribution in [1.29, 1.82) is 0 Å². The molecule has 17 heavy (non-hydrogen) atoms. The Labute approximate surface area is 102 Å². The van der Waals surface area contributed by atoms with Gasteiger partial charge in [-0.05, 0) is 25.5 Å². The topological polar surface area (TPSA) is 63.2 Å². The summed E-state index contributed by atoms with van der Waals surface area (Å²) in [6, 6.07) is 5.35. The quantitative estimate of drug-likeness (QED) is 0.737. The first-order valence-corrected chi connectivity index (χ1v) is 5.68. The van der Waals surface area contributed by atoms with Crippen molar-refractivity contribution in [3.8, 4) is 0 Å². The zero-order valence-electron chi connectivity index (χ0n) is 10.3. The van der Waals surface area contributed by atoms with E-state index in [-0.39, 0.29) is 12.1 Å². The standard InChI is InChI=1S/C12H19N3O2/c1-10(11-6-3-4-7-13-11)15-12(16)14-8-5-9-17-2/h3-4,6-7,10H,5,8-9H2,1-2H3,(H2,14,15,16)/t10-/m1/s1. The molecular weight excluding hydrogens is 218 g/mol. The molecule has 0 saturated carbocycles. The Morgan fingerprint density at radius 3 is 3.00 bits per heavy atom. The van der Waals surface area contributed by atoms with E-state index in [0.717, 1.165) is 12.1 Å². The van der Waals surface area contributed by atoms with Gasteiger partial charge in [0.2, 0.25) is 0 Å². The number of amides is 2. The van der Waals surface area contributed by atoms with Gasteiger partial charge in [0, 0.05) is 26.5 Å². The summed E-state index contributed by atoms with van der Waals surface area (Å²) in [5.74, 6) is 0. The lowest BCUT2D eigenvalue weighted by Crippen LogP contribution is -2.37. The van der Waals surface area contributed by atoms with Crippen LogP contribution in [0.1, 0.15) is 25.1 Å². The Balaban J connectivity index is 2.26. The number of urea groups is 1. The van der Waals surface area contributed by atoms with Crippen LogP contribution in [0.25, 0.3) is 0 Å². The average molecular weight is 237 g/mol. The second-order valence-corrected chi connectivity index (χ2v) is 3.72. The summed E-state index contributed by atoms with van der Waals surface area (Å²) in [4.78, 5) is 15.7. The van der Waals surface area contributed by atoms with E-state index in [1.165, 1.54) is 0 Å². The van der Waals surface area contributed by atoms with E-state index in [1.54, 1.807) is 13.3 Å². The molecule has 0 aliphatic heterocycles. The number of hydrogen-bond acceptors (Lipinski definition) is 3. The minimum atomic E-state index is -0.181. The number of rotatable bonds is 6. The van der Waals surface area contributed by atoms with Crippen molar-refractivity contribution >= 4 is 6.03 Å². The number of aromatic nitrogens is 1. The number of hydrogen-bond donors (Lipinski definition) is 2. The molecule has 0 fully saturated rings. The predicted molar refractivity (Wildman–Crippen MR) is 65.7 cm³/mol. The molecule has 0 bridgehead atoms. The van der Waals surface area contributed by atoms with Crippen LogP contribution >= 0.6 is 0 Å². The molecule has 0 radical (unpaired) electrons. The molecule has 1 aromatic rings. The fourth-order valence-electron chi connectivity index (χ4n) is 1.37. The fraction of sp³-hybridized carbons (Fsp3) is 0.500. The number of nitrogens with one attached hydrogen (secondary N) is 2. The largest absolute Gasteiger partial charge is 0.385 e. The van der Waals surface area contributed by atoms with Gasteiger partial charge >= 0.3 is 6.03 Å². The molecule has 0 unspecified atom stereocenters. The first kappa shape index (κ1) is 13.4. The Morgan fingerprint density at radius 2 is 2.35 bits per heavy atom. The molecule has 94 valence electrons. The molecule has 0 aromatic carbocycles. The first-order valence-electron chi connectivity index (χ1n) is 5.68. The smallest absolute Gasteiger partial charge is 0.315 e. The van der Waals surface area contributed by atoms with Gasteiger partial charge < -0.3 is 15.4 Å². The summed E-state index contributed by atoms with van der Waals surface area (Å²) in [6.45, 7) is 3.15. The second-order valence-electron chi connectivity index (χ2n) is 3.72. The third kappa shape index (κ3) is 5.31. The van der Waals surface area contributed by atoms with E-state index in [2.05, 4.69) is 15.6 Å². The van der Waals surface area contributed by atoms with Crippen LogP contribution in [-0.2, 0) is 4.74 Å². The van der Waals surface area contributed by atoms with E-state index in [1.807, 2.05) is 25.1 Å². The van der Waals surface area contributed by atoms with Crippen molar-refractivity contribution < 1.29 is 9.53 Å². The molecule has 1 aromatic heterocycles. The highest BCUT2D eigenvalue weighted by atomic mass is 16.5. The van der Waals surface area contributed by atoms with Crippen LogP contribution in [0, 0.1) is 0 Å². The normalized spacial score (nSPS) is 11.9. The maximum absolute atomic E-state index is 11.5. The maximum atomic E-state index is 11.5. The number of ether oxygens (including phenoxy) is 1. The molecule has 1 heterocycles. The number of methoxy groups -OCH3 is 1. The second kappa shape index (κ2) is 7.62. The third-order valence-electron chi connectivity index (χ3n) is 2.29. The fourth-order valence-corrected chi connectivity index (χ4v) is 1.37. The van der Waals surface area contributed by atoms with Gasteiger partial charge in [-0.2, -0.15) is 0 Å². The van der Waals surface area contributed by atoms with Crippen LogP contribution in [0.2, 0.25) is 0 Å². The average Bonchev–Trinajstić information content (AvgIpc) is 2.36. The number of carbonyl (C=O) groups is 1. The van der Waals surface area contributed by atoms with Gasteiger partial charge in [-0.25, -0.2) is 4.79 Å². The van der Waals surface area contributed by atoms with Gasteiger partial charge in [-0.1, -0.05) is 6.07 Å². The van der Waals surface area contributed by atoms with E-state index in [9.17, 15) is 4.79 Å². The number of carbonyl (C=O) groups excluding carboxylic acids is 1. The van der Waals surface area contributed by atoms with E-state index in [4.69, 9.17) is 4.74 Å². The van der Waals surface area contributed by atoms with Crippen LogP contribution in [0.4, 0.5) is 4.79 Å². The molecule has 2 N–H and O–H groups in total. The molecule has 1 atom stereocenters. The van der Waals surface area contributed by atoms with Crippen molar-refractivity contribution in [2.75, 3.05) is 20.3 Å². The zero-order valence-corrected chi connectivity index (χ0v) is 10.3. The van der Waals surface area contributed by atoms with Crippen LogP contribution < -0.4 is 10.6 Å². The SMILES string of the molecule is COCCCNC(=O)N[C@H](C)c1ccccn1. The zero-order chi connectivity index (χ0) is 12.5. The van der Waals surface area contributed by atoms with Crippen LogP contribution in [0.3, 0.4) is 0 Å². The summed E-state index contributed by atoms with van der Waals surface area (Å²) in [7, 11) is 1.64. The van der Waals surface area contributed by atoms with Crippen molar-refractivity contribution in [1.82, 2.24) is 15.6 Å². The van der Waals surface area contributed by atoms with Crippen LogP contribution in [-0.4, -0.2) is 31.3 Å². The van der Waals surface area contributed by atoms with Gasteiger partial charge in [0.25, 0.3) is 0 Å². The Hall–Kier alpha value is -1.62. The van der Waals surface area contributed by atoms with Gasteiger partial charge in [-0.15, -0.1) is 0 Å². The molecule has 2 amide bonds. The number of nitrogens with zero attached hydrogens (tertiary/aromatic N) is 1. The monoisotopic (exact) mass is 237 g/mol. The Bertz CT molecular complexity index is 330. The highest BCUT2D eigenvalue weighted by Crippen LogP contribution is 2.06. The summed E-state index contributed by atoms with van der Waals surface area (Å²) in [6.07, 6.45) is 2.52. The molecular formula is C12H19N3O2. The molecule has 0 aliphatic carbocycles. The molecule has 0 spiro atoms. The van der Waals surface area contributed by atoms with Gasteiger partial charge in [0.05, 0.1) is 11.7 Å². The predicted octanol–water partition coefficient (Wildman–Crippen LogP) is 1.48. The van der Waals surface area contributed by atoms with E-state index >= 15 is 0 Å².